The molecule has 1 amide bonds. The number of para-hydroxylation sites is 1. The smallest absolute Gasteiger partial charge is 0.260 e. The molecule has 1 saturated heterocycles. The molecule has 2 aromatic rings. The lowest BCUT2D eigenvalue weighted by atomic mass is 10.2. The summed E-state index contributed by atoms with van der Waals surface area (Å²) in [6.07, 6.45) is 0.977. The molecule has 0 aliphatic carbocycles. The number of amides is 1. The zero-order valence-corrected chi connectivity index (χ0v) is 15.0. The second-order valence-electron chi connectivity index (χ2n) is 6.22. The fraction of sp³-hybridized carbons (Fsp3) is 0.350. The van der Waals surface area contributed by atoms with Gasteiger partial charge >= 0.3 is 0 Å². The summed E-state index contributed by atoms with van der Waals surface area (Å²) in [5.41, 5.74) is 1.31. The van der Waals surface area contributed by atoms with Gasteiger partial charge in [-0.15, -0.1) is 0 Å². The summed E-state index contributed by atoms with van der Waals surface area (Å²) in [7, 11) is 0. The molecule has 0 unspecified atom stereocenters. The van der Waals surface area contributed by atoms with Gasteiger partial charge in [0.15, 0.2) is 6.61 Å². The van der Waals surface area contributed by atoms with E-state index in [4.69, 9.17) is 16.3 Å². The Kier molecular flexibility index (Phi) is 6.31. The average Bonchev–Trinajstić information content (AvgIpc) is 2.87. The van der Waals surface area contributed by atoms with Crippen molar-refractivity contribution in [1.82, 2.24) is 9.80 Å². The highest BCUT2D eigenvalue weighted by molar-refractivity contribution is 6.32. The molecule has 0 spiro atoms. The second-order valence-corrected chi connectivity index (χ2v) is 6.62. The van der Waals surface area contributed by atoms with Gasteiger partial charge in [0, 0.05) is 32.7 Å². The van der Waals surface area contributed by atoms with Gasteiger partial charge in [0.2, 0.25) is 0 Å². The summed E-state index contributed by atoms with van der Waals surface area (Å²) in [5, 5.41) is 0.528. The number of nitrogens with zero attached hydrogens (tertiary/aromatic N) is 2. The first kappa shape index (κ1) is 17.8. The van der Waals surface area contributed by atoms with Crippen LogP contribution >= 0.6 is 11.6 Å². The van der Waals surface area contributed by atoms with Crippen LogP contribution in [0.3, 0.4) is 0 Å². The lowest BCUT2D eigenvalue weighted by Gasteiger charge is -2.22. The Morgan fingerprint density at radius 2 is 1.72 bits per heavy atom. The lowest BCUT2D eigenvalue weighted by molar-refractivity contribution is -0.133. The number of ether oxygens (including phenoxy) is 1. The topological polar surface area (TPSA) is 32.8 Å². The van der Waals surface area contributed by atoms with Crippen molar-refractivity contribution in [2.45, 2.75) is 13.0 Å². The third-order valence-electron chi connectivity index (χ3n) is 4.38. The Hall–Kier alpha value is -2.04. The summed E-state index contributed by atoms with van der Waals surface area (Å²) >= 11 is 6.06. The standard InChI is InChI=1S/C20H23ClN2O2/c21-18-9-4-5-10-19(18)25-16-20(24)23-12-6-11-22(13-14-23)15-17-7-2-1-3-8-17/h1-5,7-10H,6,11-16H2. The van der Waals surface area contributed by atoms with Crippen LogP contribution in [0.15, 0.2) is 54.6 Å². The van der Waals surface area contributed by atoms with E-state index >= 15 is 0 Å². The van der Waals surface area contributed by atoms with Crippen LogP contribution in [0.25, 0.3) is 0 Å². The van der Waals surface area contributed by atoms with Gasteiger partial charge in [-0.3, -0.25) is 9.69 Å². The quantitative estimate of drug-likeness (QED) is 0.820. The van der Waals surface area contributed by atoms with Gasteiger partial charge in [0.05, 0.1) is 5.02 Å². The molecular formula is C20H23ClN2O2. The van der Waals surface area contributed by atoms with E-state index < -0.39 is 0 Å². The number of benzene rings is 2. The minimum atomic E-state index is 0.0153. The largest absolute Gasteiger partial charge is 0.482 e. The average molecular weight is 359 g/mol. The van der Waals surface area contributed by atoms with Crippen LogP contribution in [0.5, 0.6) is 5.75 Å². The number of halogens is 1. The molecule has 132 valence electrons. The zero-order valence-electron chi connectivity index (χ0n) is 14.2. The first-order valence-electron chi connectivity index (χ1n) is 8.64. The van der Waals surface area contributed by atoms with E-state index in [-0.39, 0.29) is 12.5 Å². The molecule has 1 heterocycles. The second kappa shape index (κ2) is 8.88. The van der Waals surface area contributed by atoms with E-state index in [9.17, 15) is 4.79 Å². The Morgan fingerprint density at radius 1 is 0.960 bits per heavy atom. The fourth-order valence-corrected chi connectivity index (χ4v) is 3.20. The fourth-order valence-electron chi connectivity index (χ4n) is 3.01. The van der Waals surface area contributed by atoms with Gasteiger partial charge in [-0.2, -0.15) is 0 Å². The number of hydrogen-bond donors (Lipinski definition) is 0. The Bertz CT molecular complexity index is 693. The van der Waals surface area contributed by atoms with E-state index in [0.29, 0.717) is 10.8 Å². The highest BCUT2D eigenvalue weighted by Crippen LogP contribution is 2.23. The van der Waals surface area contributed by atoms with Crippen molar-refractivity contribution < 1.29 is 9.53 Å². The molecule has 3 rings (SSSR count). The first-order valence-corrected chi connectivity index (χ1v) is 9.01. The summed E-state index contributed by atoms with van der Waals surface area (Å²) in [6.45, 7) is 4.35. The monoisotopic (exact) mass is 358 g/mol. The van der Waals surface area contributed by atoms with Crippen LogP contribution < -0.4 is 4.74 Å². The van der Waals surface area contributed by atoms with Gasteiger partial charge < -0.3 is 9.64 Å². The SMILES string of the molecule is O=C(COc1ccccc1Cl)N1CCCN(Cc2ccccc2)CC1. The zero-order chi connectivity index (χ0) is 17.5. The Morgan fingerprint density at radius 3 is 2.52 bits per heavy atom. The van der Waals surface area contributed by atoms with Crippen LogP contribution in [0.1, 0.15) is 12.0 Å². The van der Waals surface area contributed by atoms with Crippen LogP contribution in [-0.2, 0) is 11.3 Å². The molecule has 0 aromatic heterocycles. The molecule has 0 atom stereocenters. The van der Waals surface area contributed by atoms with Crippen molar-refractivity contribution in [2.24, 2.45) is 0 Å². The van der Waals surface area contributed by atoms with Crippen molar-refractivity contribution in [2.75, 3.05) is 32.8 Å². The molecule has 5 heteroatoms. The molecule has 25 heavy (non-hydrogen) atoms. The normalized spacial score (nSPS) is 15.6. The van der Waals surface area contributed by atoms with Gasteiger partial charge in [-0.1, -0.05) is 54.1 Å². The van der Waals surface area contributed by atoms with Crippen molar-refractivity contribution in [3.05, 3.63) is 65.2 Å². The summed E-state index contributed by atoms with van der Waals surface area (Å²) in [5.74, 6) is 0.569. The van der Waals surface area contributed by atoms with Crippen LogP contribution in [-0.4, -0.2) is 48.5 Å². The molecule has 1 aliphatic heterocycles. The molecule has 0 radical (unpaired) electrons. The molecule has 2 aromatic carbocycles. The van der Waals surface area contributed by atoms with E-state index in [1.807, 2.05) is 23.1 Å². The third kappa shape index (κ3) is 5.21. The maximum Gasteiger partial charge on any atom is 0.260 e. The van der Waals surface area contributed by atoms with E-state index in [0.717, 1.165) is 39.1 Å². The van der Waals surface area contributed by atoms with Gasteiger partial charge in [0.1, 0.15) is 5.75 Å². The van der Waals surface area contributed by atoms with E-state index in [1.54, 1.807) is 12.1 Å². The number of carbonyl (C=O) groups excluding carboxylic acids is 1. The van der Waals surface area contributed by atoms with Gasteiger partial charge in [-0.25, -0.2) is 0 Å². The van der Waals surface area contributed by atoms with E-state index in [1.165, 1.54) is 5.56 Å². The molecule has 0 N–H and O–H groups in total. The molecule has 0 bridgehead atoms. The Labute approximate surface area is 154 Å². The number of carbonyl (C=O) groups is 1. The minimum Gasteiger partial charge on any atom is -0.482 e. The third-order valence-corrected chi connectivity index (χ3v) is 4.69. The molecule has 1 aliphatic rings. The lowest BCUT2D eigenvalue weighted by Crippen LogP contribution is -2.38. The van der Waals surface area contributed by atoms with Gasteiger partial charge in [-0.05, 0) is 24.1 Å². The van der Waals surface area contributed by atoms with Crippen molar-refractivity contribution >= 4 is 17.5 Å². The summed E-state index contributed by atoms with van der Waals surface area (Å²) in [6, 6.07) is 17.7. The van der Waals surface area contributed by atoms with Crippen molar-refractivity contribution in [3.8, 4) is 5.75 Å². The Balaban J connectivity index is 1.49. The van der Waals surface area contributed by atoms with Crippen LogP contribution in [0, 0.1) is 0 Å². The molecular weight excluding hydrogens is 336 g/mol. The minimum absolute atomic E-state index is 0.0153. The molecule has 1 fully saturated rings. The maximum absolute atomic E-state index is 12.4. The van der Waals surface area contributed by atoms with Crippen LogP contribution in [0.4, 0.5) is 0 Å². The van der Waals surface area contributed by atoms with Crippen molar-refractivity contribution in [3.63, 3.8) is 0 Å². The molecule has 0 saturated carbocycles. The number of hydrogen-bond acceptors (Lipinski definition) is 3. The highest BCUT2D eigenvalue weighted by atomic mass is 35.5. The van der Waals surface area contributed by atoms with Gasteiger partial charge in [0.25, 0.3) is 5.91 Å². The number of rotatable bonds is 5. The predicted octanol–water partition coefficient (Wildman–Crippen LogP) is 3.45. The maximum atomic E-state index is 12.4. The van der Waals surface area contributed by atoms with Crippen molar-refractivity contribution in [1.29, 1.82) is 0 Å². The van der Waals surface area contributed by atoms with Crippen LogP contribution in [0.2, 0.25) is 5.02 Å². The summed E-state index contributed by atoms with van der Waals surface area (Å²) < 4.78 is 5.58. The molecule has 4 nitrogen and oxygen atoms in total. The first-order chi connectivity index (χ1) is 12.2. The highest BCUT2D eigenvalue weighted by Gasteiger charge is 2.19. The predicted molar refractivity (Wildman–Crippen MR) is 99.9 cm³/mol. The summed E-state index contributed by atoms with van der Waals surface area (Å²) in [4.78, 5) is 16.7. The van der Waals surface area contributed by atoms with E-state index in [2.05, 4.69) is 29.2 Å².